The van der Waals surface area contributed by atoms with Crippen LogP contribution in [0.1, 0.15) is 11.3 Å². The molecule has 0 bridgehead atoms. The maximum absolute atomic E-state index is 12.2. The molecule has 3 rings (SSSR count). The van der Waals surface area contributed by atoms with Crippen molar-refractivity contribution >= 4 is 5.91 Å². The van der Waals surface area contributed by atoms with Gasteiger partial charge in [0.15, 0.2) is 0 Å². The Kier molecular flexibility index (Phi) is 4.88. The number of carbonyl (C=O) groups excluding carboxylic acids is 1. The quantitative estimate of drug-likeness (QED) is 0.875. The topological polar surface area (TPSA) is 57.5 Å². The first-order chi connectivity index (χ1) is 10.8. The van der Waals surface area contributed by atoms with Crippen LogP contribution < -0.4 is 10.6 Å². The second-order valence-electron chi connectivity index (χ2n) is 5.52. The Morgan fingerprint density at radius 3 is 2.91 bits per heavy atom. The van der Waals surface area contributed by atoms with E-state index in [0.29, 0.717) is 6.54 Å². The summed E-state index contributed by atoms with van der Waals surface area (Å²) in [5.74, 6) is 0.791. The van der Waals surface area contributed by atoms with Gasteiger partial charge >= 0.3 is 0 Å². The van der Waals surface area contributed by atoms with Crippen molar-refractivity contribution in [2.24, 2.45) is 0 Å². The summed E-state index contributed by atoms with van der Waals surface area (Å²) in [5, 5.41) is 6.20. The molecule has 0 saturated carbocycles. The lowest BCUT2D eigenvalue weighted by atomic mass is 10.1. The van der Waals surface area contributed by atoms with E-state index in [2.05, 4.69) is 27.7 Å². The van der Waals surface area contributed by atoms with Crippen LogP contribution in [-0.4, -0.2) is 36.5 Å². The number of piperazine rings is 1. The summed E-state index contributed by atoms with van der Waals surface area (Å²) in [4.78, 5) is 14.6. The van der Waals surface area contributed by atoms with E-state index in [0.717, 1.165) is 31.9 Å². The van der Waals surface area contributed by atoms with E-state index in [4.69, 9.17) is 4.42 Å². The molecule has 1 saturated heterocycles. The maximum atomic E-state index is 12.2. The second-order valence-corrected chi connectivity index (χ2v) is 5.52. The molecule has 1 fully saturated rings. The Morgan fingerprint density at radius 2 is 2.14 bits per heavy atom. The molecule has 116 valence electrons. The first-order valence-corrected chi connectivity index (χ1v) is 7.61. The van der Waals surface area contributed by atoms with Gasteiger partial charge in [-0.1, -0.05) is 30.3 Å². The molecule has 2 aromatic rings. The van der Waals surface area contributed by atoms with Crippen LogP contribution in [0, 0.1) is 0 Å². The Labute approximate surface area is 130 Å². The minimum Gasteiger partial charge on any atom is -0.467 e. The fraction of sp³-hybridized carbons (Fsp3) is 0.353. The van der Waals surface area contributed by atoms with E-state index in [1.54, 1.807) is 6.26 Å². The number of hydrogen-bond acceptors (Lipinski definition) is 4. The van der Waals surface area contributed by atoms with Gasteiger partial charge in [0.05, 0.1) is 18.8 Å². The molecule has 2 heterocycles. The van der Waals surface area contributed by atoms with E-state index in [-0.39, 0.29) is 11.9 Å². The van der Waals surface area contributed by atoms with Crippen LogP contribution in [0.5, 0.6) is 0 Å². The molecule has 5 nitrogen and oxygen atoms in total. The van der Waals surface area contributed by atoms with Gasteiger partial charge in [-0.3, -0.25) is 9.69 Å². The minimum absolute atomic E-state index is 0.0224. The van der Waals surface area contributed by atoms with Crippen molar-refractivity contribution in [2.45, 2.75) is 19.1 Å². The summed E-state index contributed by atoms with van der Waals surface area (Å²) in [5.41, 5.74) is 1.28. The molecule has 1 aliphatic heterocycles. The lowest BCUT2D eigenvalue weighted by Gasteiger charge is -2.32. The van der Waals surface area contributed by atoms with E-state index in [9.17, 15) is 4.79 Å². The summed E-state index contributed by atoms with van der Waals surface area (Å²) >= 11 is 0. The molecule has 1 aliphatic rings. The third-order valence-corrected chi connectivity index (χ3v) is 3.84. The molecule has 1 atom stereocenters. The van der Waals surface area contributed by atoms with Crippen molar-refractivity contribution in [2.75, 3.05) is 19.6 Å². The fourth-order valence-corrected chi connectivity index (χ4v) is 2.68. The van der Waals surface area contributed by atoms with Crippen molar-refractivity contribution in [3.05, 3.63) is 60.1 Å². The molecular weight excluding hydrogens is 278 g/mol. The second kappa shape index (κ2) is 7.24. The standard InChI is InChI=1S/C17H21N3O2/c21-17(19-11-15-7-4-10-22-15)16-13-20(9-8-18-16)12-14-5-2-1-3-6-14/h1-7,10,16,18H,8-9,11-13H2,(H,19,21). The molecule has 1 aromatic carbocycles. The average molecular weight is 299 g/mol. The lowest BCUT2D eigenvalue weighted by Crippen LogP contribution is -2.56. The number of carbonyl (C=O) groups is 1. The van der Waals surface area contributed by atoms with Crippen molar-refractivity contribution in [3.63, 3.8) is 0 Å². The molecule has 0 spiro atoms. The highest BCUT2D eigenvalue weighted by Crippen LogP contribution is 2.08. The number of amides is 1. The van der Waals surface area contributed by atoms with Crippen LogP contribution in [0.25, 0.3) is 0 Å². The summed E-state index contributed by atoms with van der Waals surface area (Å²) < 4.78 is 5.23. The number of benzene rings is 1. The SMILES string of the molecule is O=C(NCc1ccco1)C1CN(Cc2ccccc2)CCN1. The van der Waals surface area contributed by atoms with Gasteiger partial charge in [-0.25, -0.2) is 0 Å². The van der Waals surface area contributed by atoms with Crippen molar-refractivity contribution in [1.29, 1.82) is 0 Å². The van der Waals surface area contributed by atoms with Gasteiger partial charge in [0.1, 0.15) is 5.76 Å². The normalized spacial score (nSPS) is 19.0. The Morgan fingerprint density at radius 1 is 1.27 bits per heavy atom. The van der Waals surface area contributed by atoms with Gasteiger partial charge in [0.2, 0.25) is 5.91 Å². The third kappa shape index (κ3) is 3.96. The first kappa shape index (κ1) is 14.8. The zero-order valence-corrected chi connectivity index (χ0v) is 12.5. The summed E-state index contributed by atoms with van der Waals surface area (Å²) in [6.07, 6.45) is 1.61. The van der Waals surface area contributed by atoms with Crippen LogP contribution in [0.15, 0.2) is 53.1 Å². The number of furan rings is 1. The van der Waals surface area contributed by atoms with Crippen LogP contribution in [0.2, 0.25) is 0 Å². The van der Waals surface area contributed by atoms with Gasteiger partial charge in [-0.2, -0.15) is 0 Å². The Bertz CT molecular complexity index is 583. The van der Waals surface area contributed by atoms with Gasteiger partial charge < -0.3 is 15.1 Å². The lowest BCUT2D eigenvalue weighted by molar-refractivity contribution is -0.124. The minimum atomic E-state index is -0.174. The van der Waals surface area contributed by atoms with Crippen LogP contribution >= 0.6 is 0 Å². The molecule has 1 unspecified atom stereocenters. The predicted molar refractivity (Wildman–Crippen MR) is 84.1 cm³/mol. The smallest absolute Gasteiger partial charge is 0.238 e. The monoisotopic (exact) mass is 299 g/mol. The summed E-state index contributed by atoms with van der Waals surface area (Å²) in [6.45, 7) is 3.81. The van der Waals surface area contributed by atoms with Crippen molar-refractivity contribution in [3.8, 4) is 0 Å². The highest BCUT2D eigenvalue weighted by atomic mass is 16.3. The third-order valence-electron chi connectivity index (χ3n) is 3.84. The molecule has 22 heavy (non-hydrogen) atoms. The van der Waals surface area contributed by atoms with Gasteiger partial charge in [0, 0.05) is 26.2 Å². The highest BCUT2D eigenvalue weighted by Gasteiger charge is 2.25. The zero-order valence-electron chi connectivity index (χ0n) is 12.5. The molecular formula is C17H21N3O2. The molecule has 1 amide bonds. The fourth-order valence-electron chi connectivity index (χ4n) is 2.68. The molecule has 0 aliphatic carbocycles. The van der Waals surface area contributed by atoms with Crippen LogP contribution in [0.3, 0.4) is 0 Å². The number of nitrogens with zero attached hydrogens (tertiary/aromatic N) is 1. The van der Waals surface area contributed by atoms with E-state index in [1.165, 1.54) is 5.56 Å². The van der Waals surface area contributed by atoms with E-state index < -0.39 is 0 Å². The molecule has 0 radical (unpaired) electrons. The number of rotatable bonds is 5. The zero-order chi connectivity index (χ0) is 15.2. The van der Waals surface area contributed by atoms with Crippen molar-refractivity contribution < 1.29 is 9.21 Å². The largest absolute Gasteiger partial charge is 0.467 e. The Hall–Kier alpha value is -2.11. The Balaban J connectivity index is 1.50. The summed E-state index contributed by atoms with van der Waals surface area (Å²) in [6, 6.07) is 13.9. The van der Waals surface area contributed by atoms with E-state index >= 15 is 0 Å². The van der Waals surface area contributed by atoms with E-state index in [1.807, 2.05) is 30.3 Å². The molecule has 1 aromatic heterocycles. The first-order valence-electron chi connectivity index (χ1n) is 7.61. The van der Waals surface area contributed by atoms with Crippen LogP contribution in [0.4, 0.5) is 0 Å². The predicted octanol–water partition coefficient (Wildman–Crippen LogP) is 1.37. The average Bonchev–Trinajstić information content (AvgIpc) is 3.07. The maximum Gasteiger partial charge on any atom is 0.238 e. The summed E-state index contributed by atoms with van der Waals surface area (Å²) in [7, 11) is 0. The number of nitrogens with one attached hydrogen (secondary N) is 2. The highest BCUT2D eigenvalue weighted by molar-refractivity contribution is 5.82. The number of hydrogen-bond donors (Lipinski definition) is 2. The van der Waals surface area contributed by atoms with Gasteiger partial charge in [-0.05, 0) is 17.7 Å². The molecule has 2 N–H and O–H groups in total. The van der Waals surface area contributed by atoms with Gasteiger partial charge in [-0.15, -0.1) is 0 Å². The van der Waals surface area contributed by atoms with Crippen LogP contribution in [-0.2, 0) is 17.9 Å². The molecule has 5 heteroatoms. The van der Waals surface area contributed by atoms with Crippen molar-refractivity contribution in [1.82, 2.24) is 15.5 Å². The van der Waals surface area contributed by atoms with Gasteiger partial charge in [0.25, 0.3) is 0 Å².